The number of aliphatic hydroxyl groups is 5. The number of aromatic nitrogens is 1. The van der Waals surface area contributed by atoms with E-state index in [2.05, 4.69) is 26.0 Å². The smallest absolute Gasteiger partial charge is 0.206 e. The Kier molecular flexibility index (Phi) is 7.65. The molecule has 4 atom stereocenters. The zero-order valence-corrected chi connectivity index (χ0v) is 16.2. The quantitative estimate of drug-likeness (QED) is 0.294. The summed E-state index contributed by atoms with van der Waals surface area (Å²) >= 11 is 4.73. The van der Waals surface area contributed by atoms with Crippen molar-refractivity contribution in [1.29, 1.82) is 0 Å². The standard InChI is InChI=1S/C16H20BrN3O5S/c1-20(18-6-12(22)14(24)15(25)13(23)7-21)16-19-11(8-26-16)9-2-4-10(17)5-3-9/h2-6,8,12-15,21-25H,7H2,1H3/b18-6+/t12-,13+,14+,15+/m0/s1. The van der Waals surface area contributed by atoms with Gasteiger partial charge in [0.15, 0.2) is 0 Å². The van der Waals surface area contributed by atoms with Gasteiger partial charge in [0.05, 0.1) is 18.5 Å². The first-order valence-corrected chi connectivity index (χ1v) is 9.33. The lowest BCUT2D eigenvalue weighted by Gasteiger charge is -2.23. The van der Waals surface area contributed by atoms with Crippen LogP contribution in [0.15, 0.2) is 39.2 Å². The SMILES string of the molecule is CN(/N=C/[C@H](O)[C@@H](O)[C@H](O)[C@H](O)CO)c1nc(-c2ccc(Br)cc2)cs1. The Labute approximate surface area is 162 Å². The van der Waals surface area contributed by atoms with Crippen LogP contribution in [0.3, 0.4) is 0 Å². The number of hydrogen-bond donors (Lipinski definition) is 5. The zero-order valence-electron chi connectivity index (χ0n) is 13.8. The summed E-state index contributed by atoms with van der Waals surface area (Å²) in [4.78, 5) is 4.46. The van der Waals surface area contributed by atoms with Crippen LogP contribution in [0.2, 0.25) is 0 Å². The summed E-state index contributed by atoms with van der Waals surface area (Å²) in [6.07, 6.45) is -5.45. The molecule has 5 N–H and O–H groups in total. The molecule has 0 bridgehead atoms. The number of benzene rings is 1. The number of halogens is 1. The predicted molar refractivity (Wildman–Crippen MR) is 103 cm³/mol. The van der Waals surface area contributed by atoms with E-state index >= 15 is 0 Å². The Morgan fingerprint density at radius 3 is 2.46 bits per heavy atom. The molecule has 0 aliphatic heterocycles. The lowest BCUT2D eigenvalue weighted by atomic mass is 10.0. The van der Waals surface area contributed by atoms with Crippen molar-refractivity contribution in [2.45, 2.75) is 24.4 Å². The van der Waals surface area contributed by atoms with E-state index in [-0.39, 0.29) is 0 Å². The first-order valence-electron chi connectivity index (χ1n) is 7.66. The molecule has 0 aliphatic carbocycles. The fourth-order valence-electron chi connectivity index (χ4n) is 2.01. The number of aliphatic hydroxyl groups excluding tert-OH is 5. The van der Waals surface area contributed by atoms with Crippen molar-refractivity contribution in [2.75, 3.05) is 18.7 Å². The lowest BCUT2D eigenvalue weighted by molar-refractivity contribution is -0.0999. The minimum atomic E-state index is -1.70. The van der Waals surface area contributed by atoms with Crippen molar-refractivity contribution in [3.05, 3.63) is 34.1 Å². The highest BCUT2D eigenvalue weighted by Gasteiger charge is 2.29. The molecule has 8 nitrogen and oxygen atoms in total. The summed E-state index contributed by atoms with van der Waals surface area (Å²) in [6, 6.07) is 7.69. The molecule has 0 spiro atoms. The predicted octanol–water partition coefficient (Wildman–Crippen LogP) is 0.431. The van der Waals surface area contributed by atoms with Gasteiger partial charge in [-0.2, -0.15) is 5.10 Å². The van der Waals surface area contributed by atoms with Crippen LogP contribution in [0.5, 0.6) is 0 Å². The van der Waals surface area contributed by atoms with Gasteiger partial charge in [0.25, 0.3) is 0 Å². The van der Waals surface area contributed by atoms with E-state index in [4.69, 9.17) is 5.11 Å². The van der Waals surface area contributed by atoms with Crippen LogP contribution in [0.4, 0.5) is 5.13 Å². The van der Waals surface area contributed by atoms with E-state index in [0.717, 1.165) is 21.9 Å². The van der Waals surface area contributed by atoms with Crippen molar-refractivity contribution < 1.29 is 25.5 Å². The summed E-state index contributed by atoms with van der Waals surface area (Å²) in [5.74, 6) is 0. The zero-order chi connectivity index (χ0) is 19.3. The van der Waals surface area contributed by atoms with Gasteiger partial charge >= 0.3 is 0 Å². The van der Waals surface area contributed by atoms with Gasteiger partial charge < -0.3 is 25.5 Å². The van der Waals surface area contributed by atoms with Crippen LogP contribution in [0.1, 0.15) is 0 Å². The molecule has 1 heterocycles. The number of anilines is 1. The Morgan fingerprint density at radius 1 is 1.19 bits per heavy atom. The Bertz CT molecular complexity index is 727. The van der Waals surface area contributed by atoms with E-state index in [1.165, 1.54) is 16.3 Å². The molecule has 10 heteroatoms. The van der Waals surface area contributed by atoms with Crippen LogP contribution >= 0.6 is 27.3 Å². The van der Waals surface area contributed by atoms with Crippen LogP contribution in [-0.2, 0) is 0 Å². The fourth-order valence-corrected chi connectivity index (χ4v) is 3.03. The Hall–Kier alpha value is -1.40. The number of nitrogens with zero attached hydrogens (tertiary/aromatic N) is 3. The van der Waals surface area contributed by atoms with E-state index in [9.17, 15) is 20.4 Å². The van der Waals surface area contributed by atoms with Gasteiger partial charge in [0.1, 0.15) is 24.4 Å². The topological polar surface area (TPSA) is 130 Å². The number of rotatable bonds is 8. The van der Waals surface area contributed by atoms with Gasteiger partial charge in [-0.25, -0.2) is 9.99 Å². The summed E-state index contributed by atoms with van der Waals surface area (Å²) in [7, 11) is 1.62. The number of hydrazone groups is 1. The number of thiazole rings is 1. The van der Waals surface area contributed by atoms with Crippen LogP contribution < -0.4 is 5.01 Å². The van der Waals surface area contributed by atoms with Gasteiger partial charge in [-0.05, 0) is 12.1 Å². The van der Waals surface area contributed by atoms with Crippen molar-refractivity contribution in [3.63, 3.8) is 0 Å². The molecule has 1 aromatic heterocycles. The normalized spacial score (nSPS) is 16.4. The maximum atomic E-state index is 9.84. The third-order valence-electron chi connectivity index (χ3n) is 3.58. The molecule has 2 rings (SSSR count). The molecule has 0 radical (unpaired) electrons. The van der Waals surface area contributed by atoms with E-state index in [1.54, 1.807) is 7.05 Å². The summed E-state index contributed by atoms with van der Waals surface area (Å²) in [5, 5.41) is 55.1. The van der Waals surface area contributed by atoms with Gasteiger partial charge in [-0.1, -0.05) is 28.1 Å². The third-order valence-corrected chi connectivity index (χ3v) is 5.02. The van der Waals surface area contributed by atoms with E-state index < -0.39 is 31.0 Å². The number of hydrogen-bond acceptors (Lipinski definition) is 9. The van der Waals surface area contributed by atoms with E-state index in [0.29, 0.717) is 5.13 Å². The summed E-state index contributed by atoms with van der Waals surface area (Å²) in [6.45, 7) is -0.736. The lowest BCUT2D eigenvalue weighted by Crippen LogP contribution is -2.46. The average Bonchev–Trinajstić information content (AvgIpc) is 3.14. The molecule has 0 saturated carbocycles. The monoisotopic (exact) mass is 445 g/mol. The molecule has 0 amide bonds. The second kappa shape index (κ2) is 9.51. The van der Waals surface area contributed by atoms with E-state index in [1.807, 2.05) is 29.6 Å². The first kappa shape index (κ1) is 20.9. The molecule has 26 heavy (non-hydrogen) atoms. The molecule has 0 saturated heterocycles. The van der Waals surface area contributed by atoms with Crippen LogP contribution in [0, 0.1) is 0 Å². The largest absolute Gasteiger partial charge is 0.394 e. The van der Waals surface area contributed by atoms with Crippen molar-refractivity contribution in [2.24, 2.45) is 5.10 Å². The van der Waals surface area contributed by atoms with Crippen molar-refractivity contribution >= 4 is 38.6 Å². The second-order valence-electron chi connectivity index (χ2n) is 5.53. The van der Waals surface area contributed by atoms with Gasteiger partial charge in [0, 0.05) is 22.5 Å². The molecule has 0 aliphatic rings. The van der Waals surface area contributed by atoms with Gasteiger partial charge in [-0.15, -0.1) is 11.3 Å². The summed E-state index contributed by atoms with van der Waals surface area (Å²) in [5.41, 5.74) is 1.73. The molecule has 142 valence electrons. The van der Waals surface area contributed by atoms with Gasteiger partial charge in [-0.3, -0.25) is 0 Å². The molecule has 2 aromatic rings. The molecule has 1 aromatic carbocycles. The Morgan fingerprint density at radius 2 is 1.85 bits per heavy atom. The third kappa shape index (κ3) is 5.30. The van der Waals surface area contributed by atoms with Crippen LogP contribution in [0.25, 0.3) is 11.3 Å². The second-order valence-corrected chi connectivity index (χ2v) is 7.28. The molecular formula is C16H20BrN3O5S. The molecule has 0 unspecified atom stereocenters. The van der Waals surface area contributed by atoms with Crippen LogP contribution in [-0.4, -0.2) is 74.8 Å². The molecule has 0 fully saturated rings. The maximum Gasteiger partial charge on any atom is 0.206 e. The maximum absolute atomic E-state index is 9.84. The molecular weight excluding hydrogens is 426 g/mol. The highest BCUT2D eigenvalue weighted by molar-refractivity contribution is 9.10. The van der Waals surface area contributed by atoms with Gasteiger partial charge in [0.2, 0.25) is 5.13 Å². The summed E-state index contributed by atoms with van der Waals surface area (Å²) < 4.78 is 0.972. The average molecular weight is 446 g/mol. The fraction of sp³-hybridized carbons (Fsp3) is 0.375. The Balaban J connectivity index is 2.02. The highest BCUT2D eigenvalue weighted by atomic mass is 79.9. The minimum absolute atomic E-state index is 0.566. The minimum Gasteiger partial charge on any atom is -0.394 e. The van der Waals surface area contributed by atoms with Crippen molar-refractivity contribution in [3.8, 4) is 11.3 Å². The highest BCUT2D eigenvalue weighted by Crippen LogP contribution is 2.27. The first-order chi connectivity index (χ1) is 12.3. The van der Waals surface area contributed by atoms with Crippen molar-refractivity contribution in [1.82, 2.24) is 4.98 Å².